The number of nitrogens with one attached hydrogen (secondary N) is 1. The van der Waals surface area contributed by atoms with E-state index in [1.807, 2.05) is 12.1 Å². The molecule has 0 fully saturated rings. The van der Waals surface area contributed by atoms with Crippen LogP contribution in [-0.2, 0) is 4.74 Å². The SMILES string of the molecule is COC(=O)c1ccc(NC(=O)c2nn(-c3ccc(Cl)cc3Cl)c(-c3ccc(Cl)cc3)c2C)cc1Cl. The van der Waals surface area contributed by atoms with E-state index in [9.17, 15) is 9.59 Å². The van der Waals surface area contributed by atoms with Crippen LogP contribution >= 0.6 is 46.4 Å². The molecule has 178 valence electrons. The molecule has 1 N–H and O–H groups in total. The fraction of sp³-hybridized carbons (Fsp3) is 0.0800. The van der Waals surface area contributed by atoms with Crippen LogP contribution in [0.5, 0.6) is 0 Å². The van der Waals surface area contributed by atoms with E-state index in [1.165, 1.54) is 19.2 Å². The minimum Gasteiger partial charge on any atom is -0.465 e. The number of aromatic nitrogens is 2. The highest BCUT2D eigenvalue weighted by atomic mass is 35.5. The summed E-state index contributed by atoms with van der Waals surface area (Å²) in [5.41, 5.74) is 3.37. The van der Waals surface area contributed by atoms with Crippen LogP contribution in [0.4, 0.5) is 5.69 Å². The fourth-order valence-electron chi connectivity index (χ4n) is 3.54. The van der Waals surface area contributed by atoms with Gasteiger partial charge in [0.05, 0.1) is 34.1 Å². The Balaban J connectivity index is 1.78. The summed E-state index contributed by atoms with van der Waals surface area (Å²) in [5, 5.41) is 8.92. The molecule has 0 unspecified atom stereocenters. The molecule has 0 spiro atoms. The monoisotopic (exact) mass is 547 g/mol. The lowest BCUT2D eigenvalue weighted by atomic mass is 10.1. The highest BCUT2D eigenvalue weighted by molar-refractivity contribution is 6.36. The number of ether oxygens (including phenoxy) is 1. The maximum absolute atomic E-state index is 13.2. The van der Waals surface area contributed by atoms with Gasteiger partial charge in [0.15, 0.2) is 5.69 Å². The number of carbonyl (C=O) groups is 2. The maximum atomic E-state index is 13.2. The predicted octanol–water partition coefficient (Wildman–Crippen LogP) is 7.50. The molecule has 1 aromatic heterocycles. The lowest BCUT2D eigenvalue weighted by molar-refractivity contribution is 0.0601. The first-order valence-corrected chi connectivity index (χ1v) is 11.7. The number of carbonyl (C=O) groups excluding carboxylic acids is 2. The zero-order valence-corrected chi connectivity index (χ0v) is 21.4. The van der Waals surface area contributed by atoms with Gasteiger partial charge in [0.1, 0.15) is 0 Å². The second-order valence-electron chi connectivity index (χ2n) is 7.48. The average Bonchev–Trinajstić information content (AvgIpc) is 3.16. The van der Waals surface area contributed by atoms with Crippen molar-refractivity contribution < 1.29 is 14.3 Å². The summed E-state index contributed by atoms with van der Waals surface area (Å²) in [5.74, 6) is -1.04. The van der Waals surface area contributed by atoms with Crippen molar-refractivity contribution in [3.8, 4) is 16.9 Å². The van der Waals surface area contributed by atoms with E-state index in [1.54, 1.807) is 48.0 Å². The minimum atomic E-state index is -0.574. The normalized spacial score (nSPS) is 10.8. The van der Waals surface area contributed by atoms with Crippen LogP contribution in [0.1, 0.15) is 26.4 Å². The first-order valence-electron chi connectivity index (χ1n) is 10.2. The molecule has 0 aliphatic heterocycles. The largest absolute Gasteiger partial charge is 0.465 e. The summed E-state index contributed by atoms with van der Waals surface area (Å²) in [6.07, 6.45) is 0. The van der Waals surface area contributed by atoms with Crippen molar-refractivity contribution in [3.63, 3.8) is 0 Å². The predicted molar refractivity (Wildman–Crippen MR) is 140 cm³/mol. The lowest BCUT2D eigenvalue weighted by Gasteiger charge is -2.11. The van der Waals surface area contributed by atoms with Crippen LogP contribution in [0.15, 0.2) is 60.7 Å². The molecule has 0 saturated carbocycles. The van der Waals surface area contributed by atoms with Gasteiger partial charge in [-0.2, -0.15) is 5.10 Å². The number of esters is 1. The first-order chi connectivity index (χ1) is 16.7. The Kier molecular flexibility index (Phi) is 7.38. The summed E-state index contributed by atoms with van der Waals surface area (Å²) < 4.78 is 6.29. The number of nitrogens with zero attached hydrogens (tertiary/aromatic N) is 2. The van der Waals surface area contributed by atoms with E-state index < -0.39 is 11.9 Å². The minimum absolute atomic E-state index is 0.145. The van der Waals surface area contributed by atoms with Crippen molar-refractivity contribution in [1.82, 2.24) is 9.78 Å². The number of halogens is 4. The quantitative estimate of drug-likeness (QED) is 0.262. The molecule has 0 aliphatic rings. The van der Waals surface area contributed by atoms with Crippen molar-refractivity contribution in [2.45, 2.75) is 6.92 Å². The second kappa shape index (κ2) is 10.3. The Morgan fingerprint density at radius 1 is 0.886 bits per heavy atom. The summed E-state index contributed by atoms with van der Waals surface area (Å²) in [7, 11) is 1.26. The molecule has 0 bridgehead atoms. The molecule has 0 saturated heterocycles. The van der Waals surface area contributed by atoms with Gasteiger partial charge < -0.3 is 10.1 Å². The first kappa shape index (κ1) is 25.1. The molecule has 0 radical (unpaired) electrons. The van der Waals surface area contributed by atoms with Gasteiger partial charge in [0, 0.05) is 26.9 Å². The van der Waals surface area contributed by atoms with Crippen LogP contribution in [0.3, 0.4) is 0 Å². The Bertz CT molecular complexity index is 1450. The van der Waals surface area contributed by atoms with Crippen LogP contribution in [0.25, 0.3) is 16.9 Å². The number of rotatable bonds is 5. The van der Waals surface area contributed by atoms with Gasteiger partial charge in [-0.25, -0.2) is 9.48 Å². The Morgan fingerprint density at radius 2 is 1.57 bits per heavy atom. The summed E-state index contributed by atoms with van der Waals surface area (Å²) in [6.45, 7) is 1.79. The number of hydrogen-bond acceptors (Lipinski definition) is 4. The van der Waals surface area contributed by atoms with Gasteiger partial charge in [-0.1, -0.05) is 58.5 Å². The number of hydrogen-bond donors (Lipinski definition) is 1. The molecule has 10 heteroatoms. The third kappa shape index (κ3) is 5.16. The molecule has 4 rings (SSSR count). The lowest BCUT2D eigenvalue weighted by Crippen LogP contribution is -2.14. The van der Waals surface area contributed by atoms with Gasteiger partial charge >= 0.3 is 5.97 Å². The van der Waals surface area contributed by atoms with Crippen molar-refractivity contribution in [1.29, 1.82) is 0 Å². The highest BCUT2D eigenvalue weighted by Crippen LogP contribution is 2.33. The highest BCUT2D eigenvalue weighted by Gasteiger charge is 2.24. The molecule has 3 aromatic carbocycles. The zero-order chi connectivity index (χ0) is 25.3. The number of amides is 1. The smallest absolute Gasteiger partial charge is 0.339 e. The summed E-state index contributed by atoms with van der Waals surface area (Å²) in [4.78, 5) is 25.0. The summed E-state index contributed by atoms with van der Waals surface area (Å²) in [6, 6.07) is 16.7. The molecule has 1 amide bonds. The van der Waals surface area contributed by atoms with Crippen LogP contribution in [0, 0.1) is 6.92 Å². The molecule has 0 aliphatic carbocycles. The fourth-order valence-corrected chi connectivity index (χ4v) is 4.42. The van der Waals surface area contributed by atoms with Crippen LogP contribution < -0.4 is 5.32 Å². The van der Waals surface area contributed by atoms with Crippen LogP contribution in [0.2, 0.25) is 20.1 Å². The number of methoxy groups -OCH3 is 1. The second-order valence-corrected chi connectivity index (χ2v) is 9.16. The molecule has 1 heterocycles. The number of benzene rings is 3. The van der Waals surface area contributed by atoms with E-state index in [0.717, 1.165) is 5.56 Å². The van der Waals surface area contributed by atoms with Crippen LogP contribution in [-0.4, -0.2) is 28.8 Å². The molecule has 4 aromatic rings. The van der Waals surface area contributed by atoms with E-state index >= 15 is 0 Å². The van der Waals surface area contributed by atoms with E-state index in [0.29, 0.717) is 37.7 Å². The Morgan fingerprint density at radius 3 is 2.20 bits per heavy atom. The Hall–Kier alpha value is -3.03. The van der Waals surface area contributed by atoms with Gasteiger partial charge in [-0.15, -0.1) is 0 Å². The van der Waals surface area contributed by atoms with E-state index in [4.69, 9.17) is 51.1 Å². The van der Waals surface area contributed by atoms with E-state index in [2.05, 4.69) is 10.4 Å². The molecular weight excluding hydrogens is 532 g/mol. The van der Waals surface area contributed by atoms with E-state index in [-0.39, 0.29) is 16.3 Å². The molecule has 6 nitrogen and oxygen atoms in total. The van der Waals surface area contributed by atoms with Gasteiger partial charge in [-0.3, -0.25) is 4.79 Å². The maximum Gasteiger partial charge on any atom is 0.339 e. The summed E-state index contributed by atoms with van der Waals surface area (Å²) >= 11 is 24.8. The molecule has 35 heavy (non-hydrogen) atoms. The Labute approximate surface area is 221 Å². The average molecular weight is 549 g/mol. The van der Waals surface area contributed by atoms with Crippen molar-refractivity contribution in [2.75, 3.05) is 12.4 Å². The van der Waals surface area contributed by atoms with Crippen molar-refractivity contribution in [2.24, 2.45) is 0 Å². The number of anilines is 1. The van der Waals surface area contributed by atoms with Crippen molar-refractivity contribution >= 4 is 64.0 Å². The van der Waals surface area contributed by atoms with Gasteiger partial charge in [0.25, 0.3) is 5.91 Å². The topological polar surface area (TPSA) is 73.2 Å². The van der Waals surface area contributed by atoms with Gasteiger partial charge in [-0.05, 0) is 55.5 Å². The van der Waals surface area contributed by atoms with Crippen molar-refractivity contribution in [3.05, 3.63) is 97.6 Å². The zero-order valence-electron chi connectivity index (χ0n) is 18.4. The molecule has 0 atom stereocenters. The third-order valence-corrected chi connectivity index (χ3v) is 6.33. The van der Waals surface area contributed by atoms with Gasteiger partial charge in [0.2, 0.25) is 0 Å². The standard InChI is InChI=1S/C25H17Cl4N3O3/c1-13-22(24(33)30-17-8-9-18(19(28)12-17)25(34)35-2)31-32(21-10-7-16(27)11-20(21)29)23(13)14-3-5-15(26)6-4-14/h3-12H,1-2H3,(H,30,33). The molecular formula is C25H17Cl4N3O3. The third-order valence-electron chi connectivity index (χ3n) is 5.23.